The maximum absolute atomic E-state index is 11.0. The van der Waals surface area contributed by atoms with E-state index >= 15 is 0 Å². The summed E-state index contributed by atoms with van der Waals surface area (Å²) in [5.74, 6) is -0.893. The zero-order valence-electron chi connectivity index (χ0n) is 8.92. The highest BCUT2D eigenvalue weighted by Gasteiger charge is 2.39. The summed E-state index contributed by atoms with van der Waals surface area (Å²) in [6, 6.07) is 0.110. The maximum atomic E-state index is 11.0. The first-order valence-electron chi connectivity index (χ1n) is 4.38. The molecule has 0 aliphatic carbocycles. The van der Waals surface area contributed by atoms with Gasteiger partial charge in [-0.05, 0) is 27.7 Å². The molecule has 0 fully saturated rings. The molecule has 4 nitrogen and oxygen atoms in total. The summed E-state index contributed by atoms with van der Waals surface area (Å²) >= 11 is 0. The predicted molar refractivity (Wildman–Crippen MR) is 50.8 cm³/mol. The molecule has 4 heteroatoms. The van der Waals surface area contributed by atoms with Gasteiger partial charge in [0.25, 0.3) is 0 Å². The second-order valence-corrected chi connectivity index (χ2v) is 3.68. The summed E-state index contributed by atoms with van der Waals surface area (Å²) in [4.78, 5) is 11.0. The van der Waals surface area contributed by atoms with E-state index in [4.69, 9.17) is 9.84 Å². The highest BCUT2D eigenvalue weighted by molar-refractivity contribution is 5.79. The number of methoxy groups -OCH3 is 1. The van der Waals surface area contributed by atoms with Crippen LogP contribution in [-0.2, 0) is 9.53 Å². The number of carboxylic acids is 1. The van der Waals surface area contributed by atoms with Crippen LogP contribution in [0, 0.1) is 0 Å². The van der Waals surface area contributed by atoms with Crippen LogP contribution in [0.15, 0.2) is 0 Å². The number of hydrogen-bond acceptors (Lipinski definition) is 3. The fourth-order valence-corrected chi connectivity index (χ4v) is 1.19. The van der Waals surface area contributed by atoms with Gasteiger partial charge in [0.1, 0.15) is 5.54 Å². The average Bonchev–Trinajstić information content (AvgIpc) is 2.01. The van der Waals surface area contributed by atoms with Gasteiger partial charge in [0.15, 0.2) is 0 Å². The lowest BCUT2D eigenvalue weighted by Gasteiger charge is -2.33. The van der Waals surface area contributed by atoms with E-state index in [1.165, 1.54) is 7.11 Å². The highest BCUT2D eigenvalue weighted by Crippen LogP contribution is 2.14. The Balaban J connectivity index is 4.62. The third kappa shape index (κ3) is 2.97. The number of ether oxygens (including phenoxy) is 1. The molecule has 2 atom stereocenters. The largest absolute Gasteiger partial charge is 0.480 e. The Morgan fingerprint density at radius 1 is 1.46 bits per heavy atom. The second-order valence-electron chi connectivity index (χ2n) is 3.68. The van der Waals surface area contributed by atoms with Gasteiger partial charge < -0.3 is 9.84 Å². The number of carboxylic acid groups (broad SMARTS) is 1. The summed E-state index contributed by atoms with van der Waals surface area (Å²) in [6.45, 7) is 7.18. The molecule has 0 aromatic rings. The summed E-state index contributed by atoms with van der Waals surface area (Å²) < 4.78 is 5.03. The molecule has 0 aliphatic heterocycles. The van der Waals surface area contributed by atoms with E-state index < -0.39 is 11.5 Å². The first-order valence-corrected chi connectivity index (χ1v) is 4.38. The van der Waals surface area contributed by atoms with Gasteiger partial charge in [0.2, 0.25) is 0 Å². The van der Waals surface area contributed by atoms with Crippen LogP contribution in [-0.4, -0.2) is 35.9 Å². The zero-order valence-corrected chi connectivity index (χ0v) is 8.92. The lowest BCUT2D eigenvalue weighted by Crippen LogP contribution is -2.59. The monoisotopic (exact) mass is 189 g/mol. The molecule has 0 radical (unpaired) electrons. The van der Waals surface area contributed by atoms with Crippen molar-refractivity contribution in [2.75, 3.05) is 7.11 Å². The van der Waals surface area contributed by atoms with E-state index in [2.05, 4.69) is 5.32 Å². The standard InChI is InChI=1S/C9H19NO3/c1-6(2)10-9(4,8(11)12)7(3)13-5/h6-7,10H,1-5H3,(H,11,12). The second kappa shape index (κ2) is 4.58. The summed E-state index contributed by atoms with van der Waals surface area (Å²) in [5, 5.41) is 12.0. The Bertz CT molecular complexity index is 182. The van der Waals surface area contributed by atoms with E-state index in [0.29, 0.717) is 0 Å². The molecule has 78 valence electrons. The van der Waals surface area contributed by atoms with Gasteiger partial charge in [-0.2, -0.15) is 0 Å². The van der Waals surface area contributed by atoms with E-state index in [-0.39, 0.29) is 12.1 Å². The molecule has 0 heterocycles. The van der Waals surface area contributed by atoms with Crippen molar-refractivity contribution in [1.29, 1.82) is 0 Å². The van der Waals surface area contributed by atoms with Gasteiger partial charge in [-0.1, -0.05) is 0 Å². The van der Waals surface area contributed by atoms with Gasteiger partial charge in [0.05, 0.1) is 6.10 Å². The number of hydrogen-bond donors (Lipinski definition) is 2. The van der Waals surface area contributed by atoms with Crippen molar-refractivity contribution < 1.29 is 14.6 Å². The van der Waals surface area contributed by atoms with Gasteiger partial charge >= 0.3 is 5.97 Å². The third-order valence-electron chi connectivity index (χ3n) is 2.20. The van der Waals surface area contributed by atoms with E-state index in [1.807, 2.05) is 13.8 Å². The normalized spacial score (nSPS) is 18.3. The molecule has 0 rings (SSSR count). The molecule has 2 N–H and O–H groups in total. The van der Waals surface area contributed by atoms with Crippen LogP contribution in [0.5, 0.6) is 0 Å². The Labute approximate surface area is 79.3 Å². The summed E-state index contributed by atoms with van der Waals surface area (Å²) in [5.41, 5.74) is -1.02. The fourth-order valence-electron chi connectivity index (χ4n) is 1.19. The van der Waals surface area contributed by atoms with Crippen molar-refractivity contribution >= 4 is 5.97 Å². The van der Waals surface area contributed by atoms with E-state index in [0.717, 1.165) is 0 Å². The van der Waals surface area contributed by atoms with Crippen LogP contribution in [0.4, 0.5) is 0 Å². The molecule has 0 spiro atoms. The molecule has 0 saturated heterocycles. The van der Waals surface area contributed by atoms with Gasteiger partial charge in [0, 0.05) is 13.2 Å². The van der Waals surface area contributed by atoms with Crippen LogP contribution in [0.1, 0.15) is 27.7 Å². The molecule has 0 amide bonds. The van der Waals surface area contributed by atoms with Crippen molar-refractivity contribution in [3.63, 3.8) is 0 Å². The van der Waals surface area contributed by atoms with Gasteiger partial charge in [-0.15, -0.1) is 0 Å². The van der Waals surface area contributed by atoms with Gasteiger partial charge in [-0.3, -0.25) is 10.1 Å². The lowest BCUT2D eigenvalue weighted by molar-refractivity contribution is -0.150. The molecule has 0 aromatic carbocycles. The van der Waals surface area contributed by atoms with Crippen molar-refractivity contribution in [2.24, 2.45) is 0 Å². The van der Waals surface area contributed by atoms with E-state index in [1.54, 1.807) is 13.8 Å². The van der Waals surface area contributed by atoms with Crippen molar-refractivity contribution in [1.82, 2.24) is 5.32 Å². The van der Waals surface area contributed by atoms with Crippen LogP contribution < -0.4 is 5.32 Å². The first-order chi connectivity index (χ1) is 5.84. The van der Waals surface area contributed by atoms with Crippen molar-refractivity contribution in [2.45, 2.75) is 45.4 Å². The number of carbonyl (C=O) groups is 1. The van der Waals surface area contributed by atoms with Crippen LogP contribution >= 0.6 is 0 Å². The Kier molecular flexibility index (Phi) is 4.36. The minimum Gasteiger partial charge on any atom is -0.480 e. The Morgan fingerprint density at radius 2 is 1.92 bits per heavy atom. The predicted octanol–water partition coefficient (Wildman–Crippen LogP) is 0.863. The third-order valence-corrected chi connectivity index (χ3v) is 2.20. The molecule has 2 unspecified atom stereocenters. The van der Waals surface area contributed by atoms with E-state index in [9.17, 15) is 4.79 Å². The van der Waals surface area contributed by atoms with Gasteiger partial charge in [-0.25, -0.2) is 0 Å². The smallest absolute Gasteiger partial charge is 0.326 e. The molecular weight excluding hydrogens is 170 g/mol. The number of rotatable bonds is 5. The first kappa shape index (κ1) is 12.4. The SMILES string of the molecule is COC(C)C(C)(NC(C)C)C(=O)O. The summed E-state index contributed by atoms with van der Waals surface area (Å²) in [7, 11) is 1.51. The molecule has 0 aliphatic rings. The topological polar surface area (TPSA) is 58.6 Å². The Hall–Kier alpha value is -0.610. The zero-order chi connectivity index (χ0) is 10.6. The fraction of sp³-hybridized carbons (Fsp3) is 0.889. The van der Waals surface area contributed by atoms with Crippen molar-refractivity contribution in [3.8, 4) is 0 Å². The van der Waals surface area contributed by atoms with Crippen LogP contribution in [0.3, 0.4) is 0 Å². The lowest BCUT2D eigenvalue weighted by atomic mass is 9.95. The van der Waals surface area contributed by atoms with Crippen molar-refractivity contribution in [3.05, 3.63) is 0 Å². The minimum atomic E-state index is -1.02. The average molecular weight is 189 g/mol. The molecular formula is C9H19NO3. The minimum absolute atomic E-state index is 0.110. The number of nitrogens with one attached hydrogen (secondary N) is 1. The van der Waals surface area contributed by atoms with Crippen LogP contribution in [0.2, 0.25) is 0 Å². The molecule has 13 heavy (non-hydrogen) atoms. The molecule has 0 aromatic heterocycles. The summed E-state index contributed by atoms with van der Waals surface area (Å²) in [6.07, 6.45) is -0.368. The Morgan fingerprint density at radius 3 is 2.15 bits per heavy atom. The molecule has 0 bridgehead atoms. The maximum Gasteiger partial charge on any atom is 0.326 e. The quantitative estimate of drug-likeness (QED) is 0.673. The number of aliphatic carboxylic acids is 1. The van der Waals surface area contributed by atoms with Crippen LogP contribution in [0.25, 0.3) is 0 Å². The highest BCUT2D eigenvalue weighted by atomic mass is 16.5. The molecule has 0 saturated carbocycles.